The summed E-state index contributed by atoms with van der Waals surface area (Å²) in [6, 6.07) is 0.133. The minimum absolute atomic E-state index is 0.0458. The van der Waals surface area contributed by atoms with Gasteiger partial charge < -0.3 is 4.90 Å². The highest BCUT2D eigenvalue weighted by Gasteiger charge is 2.34. The van der Waals surface area contributed by atoms with Gasteiger partial charge in [0.05, 0.1) is 16.7 Å². The first-order valence-corrected chi connectivity index (χ1v) is 8.10. The number of hydrogen-bond donors (Lipinski definition) is 0. The summed E-state index contributed by atoms with van der Waals surface area (Å²) in [4.78, 5) is 19.0. The largest absolute Gasteiger partial charge is 0.330 e. The third-order valence-electron chi connectivity index (χ3n) is 4.25. The second-order valence-corrected chi connectivity index (χ2v) is 6.68. The van der Waals surface area contributed by atoms with Crippen LogP contribution in [0.5, 0.6) is 0 Å². The van der Waals surface area contributed by atoms with Crippen molar-refractivity contribution in [1.29, 1.82) is 0 Å². The zero-order valence-electron chi connectivity index (χ0n) is 12.9. The number of likely N-dealkylation sites (tertiary alicyclic amines) is 1. The lowest BCUT2D eigenvalue weighted by atomic mass is 10.0. The monoisotopic (exact) mass is 304 g/mol. The quantitative estimate of drug-likeness (QED) is 0.857. The molecular formula is C15H20N4OS. The van der Waals surface area contributed by atoms with Crippen LogP contribution in [0.3, 0.4) is 0 Å². The summed E-state index contributed by atoms with van der Waals surface area (Å²) in [6.45, 7) is 6.83. The fraction of sp³-hybridized carbons (Fsp3) is 0.533. The van der Waals surface area contributed by atoms with Crippen molar-refractivity contribution < 1.29 is 4.79 Å². The summed E-state index contributed by atoms with van der Waals surface area (Å²) in [5.41, 5.74) is 3.94. The van der Waals surface area contributed by atoms with Crippen LogP contribution in [-0.2, 0) is 7.05 Å². The van der Waals surface area contributed by atoms with Crippen LogP contribution in [0, 0.1) is 20.8 Å². The highest BCUT2D eigenvalue weighted by molar-refractivity contribution is 7.09. The van der Waals surface area contributed by atoms with E-state index in [-0.39, 0.29) is 11.9 Å². The maximum absolute atomic E-state index is 12.7. The molecule has 2 aromatic heterocycles. The van der Waals surface area contributed by atoms with E-state index < -0.39 is 0 Å². The Balaban J connectivity index is 1.94. The molecule has 112 valence electrons. The molecule has 0 bridgehead atoms. The van der Waals surface area contributed by atoms with Crippen molar-refractivity contribution in [3.05, 3.63) is 33.0 Å². The number of aryl methyl sites for hydroxylation is 3. The predicted molar refractivity (Wildman–Crippen MR) is 82.5 cm³/mol. The van der Waals surface area contributed by atoms with Crippen molar-refractivity contribution in [3.8, 4) is 0 Å². The van der Waals surface area contributed by atoms with E-state index in [0.29, 0.717) is 5.69 Å². The van der Waals surface area contributed by atoms with Gasteiger partial charge in [0.25, 0.3) is 5.91 Å². The minimum atomic E-state index is 0.0458. The van der Waals surface area contributed by atoms with Gasteiger partial charge >= 0.3 is 0 Å². The number of rotatable bonds is 2. The average Bonchev–Trinajstić information content (AvgIpc) is 3.11. The maximum Gasteiger partial charge on any atom is 0.273 e. The lowest BCUT2D eigenvalue weighted by Gasteiger charge is -2.24. The Bertz CT molecular complexity index is 688. The maximum atomic E-state index is 12.7. The number of hydrogen-bond acceptors (Lipinski definition) is 4. The van der Waals surface area contributed by atoms with E-state index in [9.17, 15) is 4.79 Å². The second-order valence-electron chi connectivity index (χ2n) is 5.62. The minimum Gasteiger partial charge on any atom is -0.330 e. The summed E-state index contributed by atoms with van der Waals surface area (Å²) >= 11 is 1.52. The number of carbonyl (C=O) groups is 1. The Labute approximate surface area is 128 Å². The third kappa shape index (κ3) is 2.37. The van der Waals surface area contributed by atoms with Gasteiger partial charge in [-0.25, -0.2) is 4.98 Å². The van der Waals surface area contributed by atoms with Gasteiger partial charge in [0.2, 0.25) is 0 Å². The SMILES string of the molecule is Cc1nc(C(=O)N2CCC[C@H]2c2c(C)nn(C)c2C)cs1. The smallest absolute Gasteiger partial charge is 0.273 e. The Kier molecular flexibility index (Phi) is 3.57. The van der Waals surface area contributed by atoms with Gasteiger partial charge in [-0.2, -0.15) is 5.10 Å². The van der Waals surface area contributed by atoms with Crippen molar-refractivity contribution in [1.82, 2.24) is 19.7 Å². The van der Waals surface area contributed by atoms with Crippen LogP contribution in [0.15, 0.2) is 5.38 Å². The van der Waals surface area contributed by atoms with Crippen molar-refractivity contribution in [3.63, 3.8) is 0 Å². The summed E-state index contributed by atoms with van der Waals surface area (Å²) in [6.07, 6.45) is 2.04. The van der Waals surface area contributed by atoms with Crippen LogP contribution < -0.4 is 0 Å². The normalized spacial score (nSPS) is 18.5. The van der Waals surface area contributed by atoms with Crippen LogP contribution in [0.25, 0.3) is 0 Å². The molecule has 1 atom stereocenters. The molecule has 0 aliphatic carbocycles. The van der Waals surface area contributed by atoms with Gasteiger partial charge in [0.15, 0.2) is 0 Å². The molecule has 0 N–H and O–H groups in total. The van der Waals surface area contributed by atoms with Gasteiger partial charge in [-0.1, -0.05) is 0 Å². The van der Waals surface area contributed by atoms with Gasteiger partial charge in [0, 0.05) is 30.2 Å². The zero-order valence-corrected chi connectivity index (χ0v) is 13.7. The van der Waals surface area contributed by atoms with Crippen molar-refractivity contribution >= 4 is 17.2 Å². The average molecular weight is 304 g/mol. The summed E-state index contributed by atoms with van der Waals surface area (Å²) in [5.74, 6) is 0.0458. The molecule has 1 fully saturated rings. The predicted octanol–water partition coefficient (Wildman–Crippen LogP) is 2.78. The van der Waals surface area contributed by atoms with E-state index in [4.69, 9.17) is 0 Å². The van der Waals surface area contributed by atoms with E-state index in [2.05, 4.69) is 17.0 Å². The number of nitrogens with zero attached hydrogens (tertiary/aromatic N) is 4. The van der Waals surface area contributed by atoms with Crippen molar-refractivity contribution in [2.75, 3.05) is 6.54 Å². The number of amides is 1. The highest BCUT2D eigenvalue weighted by Crippen LogP contribution is 2.36. The number of aromatic nitrogens is 3. The molecule has 1 aliphatic heterocycles. The molecule has 0 unspecified atom stereocenters. The van der Waals surface area contributed by atoms with Crippen LogP contribution >= 0.6 is 11.3 Å². The number of thiazole rings is 1. The van der Waals surface area contributed by atoms with Crippen LogP contribution in [-0.4, -0.2) is 32.1 Å². The molecule has 5 nitrogen and oxygen atoms in total. The van der Waals surface area contributed by atoms with Gasteiger partial charge in [-0.05, 0) is 33.6 Å². The summed E-state index contributed by atoms with van der Waals surface area (Å²) in [7, 11) is 1.96. The molecule has 0 spiro atoms. The molecular weight excluding hydrogens is 284 g/mol. The molecule has 3 heterocycles. The van der Waals surface area contributed by atoms with E-state index in [1.165, 1.54) is 16.9 Å². The van der Waals surface area contributed by atoms with E-state index >= 15 is 0 Å². The molecule has 0 radical (unpaired) electrons. The fourth-order valence-electron chi connectivity index (χ4n) is 3.19. The van der Waals surface area contributed by atoms with Crippen molar-refractivity contribution in [2.24, 2.45) is 7.05 Å². The standard InChI is InChI=1S/C15H20N4OS/c1-9-14(10(2)18(4)17-9)13-6-5-7-19(13)15(20)12-8-21-11(3)16-12/h8,13H,5-7H2,1-4H3/t13-/m0/s1. The topological polar surface area (TPSA) is 51.0 Å². The molecule has 1 amide bonds. The van der Waals surface area contributed by atoms with Crippen LogP contribution in [0.4, 0.5) is 0 Å². The van der Waals surface area contributed by atoms with Crippen molar-refractivity contribution in [2.45, 2.75) is 39.7 Å². The molecule has 21 heavy (non-hydrogen) atoms. The molecule has 6 heteroatoms. The molecule has 0 aromatic carbocycles. The lowest BCUT2D eigenvalue weighted by molar-refractivity contribution is 0.0729. The van der Waals surface area contributed by atoms with E-state index in [1.807, 2.05) is 35.9 Å². The van der Waals surface area contributed by atoms with Crippen LogP contribution in [0.2, 0.25) is 0 Å². The van der Waals surface area contributed by atoms with E-state index in [0.717, 1.165) is 35.8 Å². The van der Waals surface area contributed by atoms with Gasteiger partial charge in [0.1, 0.15) is 5.69 Å². The van der Waals surface area contributed by atoms with Gasteiger partial charge in [-0.3, -0.25) is 9.48 Å². The van der Waals surface area contributed by atoms with Crippen LogP contribution in [0.1, 0.15) is 51.3 Å². The first-order valence-electron chi connectivity index (χ1n) is 7.22. The Morgan fingerprint density at radius 1 is 1.38 bits per heavy atom. The number of carbonyl (C=O) groups excluding carboxylic acids is 1. The fourth-order valence-corrected chi connectivity index (χ4v) is 3.78. The first kappa shape index (κ1) is 14.3. The lowest BCUT2D eigenvalue weighted by Crippen LogP contribution is -2.31. The molecule has 0 saturated carbocycles. The zero-order chi connectivity index (χ0) is 15.1. The summed E-state index contributed by atoms with van der Waals surface area (Å²) < 4.78 is 1.90. The Morgan fingerprint density at radius 2 is 2.14 bits per heavy atom. The molecule has 1 saturated heterocycles. The molecule has 1 aliphatic rings. The van der Waals surface area contributed by atoms with Gasteiger partial charge in [-0.15, -0.1) is 11.3 Å². The van der Waals surface area contributed by atoms with E-state index in [1.54, 1.807) is 0 Å². The first-order chi connectivity index (χ1) is 9.99. The molecule has 2 aromatic rings. The Hall–Kier alpha value is -1.69. The Morgan fingerprint density at radius 3 is 2.71 bits per heavy atom. The second kappa shape index (κ2) is 5.26. The highest BCUT2D eigenvalue weighted by atomic mass is 32.1. The summed E-state index contributed by atoms with van der Waals surface area (Å²) in [5, 5.41) is 7.28. The molecule has 3 rings (SSSR count). The third-order valence-corrected chi connectivity index (χ3v) is 5.02.